The Morgan fingerprint density at radius 1 is 1.20 bits per heavy atom. The van der Waals surface area contributed by atoms with Crippen molar-refractivity contribution in [2.75, 3.05) is 37.4 Å². The van der Waals surface area contributed by atoms with E-state index in [2.05, 4.69) is 15.7 Å². The maximum absolute atomic E-state index is 12.8. The van der Waals surface area contributed by atoms with Gasteiger partial charge in [0.15, 0.2) is 0 Å². The van der Waals surface area contributed by atoms with E-state index in [1.165, 1.54) is 12.0 Å². The van der Waals surface area contributed by atoms with Gasteiger partial charge in [-0.3, -0.25) is 9.48 Å². The molecule has 0 bridgehead atoms. The van der Waals surface area contributed by atoms with E-state index in [0.717, 1.165) is 5.69 Å². The second-order valence-corrected chi connectivity index (χ2v) is 8.59. The number of carbonyl (C=O) groups is 2. The molecular formula is C20H27Cl2N5O3. The van der Waals surface area contributed by atoms with Gasteiger partial charge in [0, 0.05) is 32.2 Å². The zero-order chi connectivity index (χ0) is 22.5. The van der Waals surface area contributed by atoms with Gasteiger partial charge in [-0.05, 0) is 12.1 Å². The highest BCUT2D eigenvalue weighted by molar-refractivity contribution is 6.39. The number of aromatic nitrogens is 2. The quantitative estimate of drug-likeness (QED) is 0.656. The van der Waals surface area contributed by atoms with Gasteiger partial charge in [-0.25, -0.2) is 4.79 Å². The predicted molar refractivity (Wildman–Crippen MR) is 119 cm³/mol. The fraction of sp³-hybridized carbons (Fsp3) is 0.450. The molecule has 1 aromatic carbocycles. The third kappa shape index (κ3) is 6.35. The van der Waals surface area contributed by atoms with Crippen molar-refractivity contribution < 1.29 is 14.3 Å². The number of rotatable bonds is 7. The predicted octanol–water partition coefficient (Wildman–Crippen LogP) is 4.14. The Bertz CT molecular complexity index is 888. The molecule has 0 spiro atoms. The van der Waals surface area contributed by atoms with E-state index < -0.39 is 6.03 Å². The molecule has 8 nitrogen and oxygen atoms in total. The highest BCUT2D eigenvalue weighted by Gasteiger charge is 2.22. The molecule has 0 aliphatic heterocycles. The van der Waals surface area contributed by atoms with Crippen LogP contribution in [0, 0.1) is 0 Å². The van der Waals surface area contributed by atoms with Gasteiger partial charge in [0.1, 0.15) is 12.4 Å². The minimum Gasteiger partial charge on any atom is -0.383 e. The van der Waals surface area contributed by atoms with Crippen LogP contribution in [0.3, 0.4) is 0 Å². The van der Waals surface area contributed by atoms with E-state index in [-0.39, 0.29) is 36.7 Å². The van der Waals surface area contributed by atoms with E-state index >= 15 is 0 Å². The van der Waals surface area contributed by atoms with Crippen molar-refractivity contribution in [2.45, 2.75) is 26.2 Å². The summed E-state index contributed by atoms with van der Waals surface area (Å²) in [4.78, 5) is 26.7. The first kappa shape index (κ1) is 24.0. The van der Waals surface area contributed by atoms with Crippen molar-refractivity contribution in [1.29, 1.82) is 0 Å². The summed E-state index contributed by atoms with van der Waals surface area (Å²) in [6, 6.07) is 6.21. The number of hydrogen-bond acceptors (Lipinski definition) is 4. The number of benzene rings is 1. The number of nitrogens with one attached hydrogen (secondary N) is 2. The van der Waals surface area contributed by atoms with Crippen LogP contribution >= 0.6 is 23.2 Å². The lowest BCUT2D eigenvalue weighted by atomic mass is 9.92. The van der Waals surface area contributed by atoms with Crippen molar-refractivity contribution in [3.05, 3.63) is 40.0 Å². The molecule has 164 valence electrons. The van der Waals surface area contributed by atoms with Gasteiger partial charge in [0.05, 0.1) is 28.0 Å². The summed E-state index contributed by atoms with van der Waals surface area (Å²) in [6.07, 6.45) is 0. The van der Waals surface area contributed by atoms with Crippen LogP contribution in [-0.2, 0) is 22.0 Å². The number of halogens is 2. The van der Waals surface area contributed by atoms with Crippen molar-refractivity contribution in [3.63, 3.8) is 0 Å². The maximum atomic E-state index is 12.8. The van der Waals surface area contributed by atoms with Crippen molar-refractivity contribution in [1.82, 2.24) is 14.7 Å². The van der Waals surface area contributed by atoms with Crippen LogP contribution in [0.5, 0.6) is 0 Å². The molecule has 2 N–H and O–H groups in total. The molecular weight excluding hydrogens is 429 g/mol. The summed E-state index contributed by atoms with van der Waals surface area (Å²) < 4.78 is 6.66. The van der Waals surface area contributed by atoms with E-state index in [9.17, 15) is 9.59 Å². The summed E-state index contributed by atoms with van der Waals surface area (Å²) in [5.74, 6) is 0.182. The third-order valence-electron chi connectivity index (χ3n) is 4.30. The van der Waals surface area contributed by atoms with Gasteiger partial charge in [-0.15, -0.1) is 0 Å². The van der Waals surface area contributed by atoms with Gasteiger partial charge in [0.25, 0.3) is 0 Å². The lowest BCUT2D eigenvalue weighted by Gasteiger charge is -2.23. The molecule has 0 saturated carbocycles. The Morgan fingerprint density at radius 2 is 1.83 bits per heavy atom. The molecule has 1 heterocycles. The standard InChI is InChI=1S/C20H27Cl2N5O3/c1-20(2,3)15-11-16(26(4)25-15)23-17(28)12-27(9-10-30-5)19(29)24-18-13(21)7-6-8-14(18)22/h6-8,11H,9-10,12H2,1-5H3,(H,23,28)(H,24,29). The molecule has 0 aliphatic rings. The van der Waals surface area contributed by atoms with Crippen molar-refractivity contribution >= 4 is 46.6 Å². The molecule has 0 unspecified atom stereocenters. The molecule has 0 fully saturated rings. The SMILES string of the molecule is COCCN(CC(=O)Nc1cc(C(C)(C)C)nn1C)C(=O)Nc1c(Cl)cccc1Cl. The van der Waals surface area contributed by atoms with Gasteiger partial charge >= 0.3 is 6.03 Å². The molecule has 0 radical (unpaired) electrons. The minimum absolute atomic E-state index is 0.153. The monoisotopic (exact) mass is 455 g/mol. The molecule has 0 atom stereocenters. The highest BCUT2D eigenvalue weighted by Crippen LogP contribution is 2.30. The largest absolute Gasteiger partial charge is 0.383 e. The fourth-order valence-electron chi connectivity index (χ4n) is 2.56. The smallest absolute Gasteiger partial charge is 0.322 e. The fourth-order valence-corrected chi connectivity index (χ4v) is 3.06. The number of ether oxygens (including phenoxy) is 1. The minimum atomic E-state index is -0.516. The van der Waals surface area contributed by atoms with Gasteiger partial charge in [0.2, 0.25) is 5.91 Å². The molecule has 0 saturated heterocycles. The average Bonchev–Trinajstić information content (AvgIpc) is 3.02. The van der Waals surface area contributed by atoms with Crippen molar-refractivity contribution in [2.24, 2.45) is 7.05 Å². The number of urea groups is 1. The Hall–Kier alpha value is -2.29. The zero-order valence-electron chi connectivity index (χ0n) is 17.8. The lowest BCUT2D eigenvalue weighted by molar-refractivity contribution is -0.116. The third-order valence-corrected chi connectivity index (χ3v) is 4.93. The first-order valence-electron chi connectivity index (χ1n) is 9.36. The van der Waals surface area contributed by atoms with Gasteiger partial charge < -0.3 is 20.3 Å². The van der Waals surface area contributed by atoms with Crippen LogP contribution in [0.25, 0.3) is 0 Å². The molecule has 2 aromatic rings. The van der Waals surface area contributed by atoms with Crippen LogP contribution in [0.4, 0.5) is 16.3 Å². The average molecular weight is 456 g/mol. The first-order valence-corrected chi connectivity index (χ1v) is 10.1. The maximum Gasteiger partial charge on any atom is 0.322 e. The summed E-state index contributed by atoms with van der Waals surface area (Å²) in [7, 11) is 3.27. The van der Waals surface area contributed by atoms with E-state index in [4.69, 9.17) is 27.9 Å². The normalized spacial score (nSPS) is 11.3. The molecule has 2 rings (SSSR count). The Labute approximate surface area is 186 Å². The molecule has 3 amide bonds. The Balaban J connectivity index is 2.11. The highest BCUT2D eigenvalue weighted by atomic mass is 35.5. The first-order chi connectivity index (χ1) is 14.0. The summed E-state index contributed by atoms with van der Waals surface area (Å²) in [5.41, 5.74) is 0.983. The van der Waals surface area contributed by atoms with Crippen molar-refractivity contribution in [3.8, 4) is 0 Å². The second-order valence-electron chi connectivity index (χ2n) is 7.78. The Kier molecular flexibility index (Phi) is 8.11. The number of hydrogen-bond donors (Lipinski definition) is 2. The number of anilines is 2. The molecule has 1 aromatic heterocycles. The molecule has 0 aliphatic carbocycles. The summed E-state index contributed by atoms with van der Waals surface area (Å²) in [6.45, 7) is 6.40. The zero-order valence-corrected chi connectivity index (χ0v) is 19.3. The van der Waals surface area contributed by atoms with E-state index in [1.807, 2.05) is 26.8 Å². The number of amides is 3. The molecule has 30 heavy (non-hydrogen) atoms. The number of aryl methyl sites for hydroxylation is 1. The topological polar surface area (TPSA) is 88.5 Å². The van der Waals surface area contributed by atoms with Crippen LogP contribution in [-0.4, -0.2) is 53.4 Å². The van der Waals surface area contributed by atoms with Crippen LogP contribution in [0.15, 0.2) is 24.3 Å². The lowest BCUT2D eigenvalue weighted by Crippen LogP contribution is -2.42. The number of carbonyl (C=O) groups excluding carboxylic acids is 2. The van der Waals surface area contributed by atoms with Crippen LogP contribution in [0.1, 0.15) is 26.5 Å². The summed E-state index contributed by atoms with van der Waals surface area (Å²) in [5, 5.41) is 10.5. The number of para-hydroxylation sites is 1. The van der Waals surface area contributed by atoms with Crippen LogP contribution in [0.2, 0.25) is 10.0 Å². The summed E-state index contributed by atoms with van der Waals surface area (Å²) >= 11 is 12.2. The van der Waals surface area contributed by atoms with E-state index in [0.29, 0.717) is 15.9 Å². The number of nitrogens with zero attached hydrogens (tertiary/aromatic N) is 3. The number of methoxy groups -OCH3 is 1. The van der Waals surface area contributed by atoms with Gasteiger partial charge in [-0.1, -0.05) is 50.0 Å². The van der Waals surface area contributed by atoms with E-state index in [1.54, 1.807) is 29.9 Å². The second kappa shape index (κ2) is 10.1. The molecule has 10 heteroatoms. The van der Waals surface area contributed by atoms with Crippen LogP contribution < -0.4 is 10.6 Å². The Morgan fingerprint density at radius 3 is 2.37 bits per heavy atom. The van der Waals surface area contributed by atoms with Gasteiger partial charge in [-0.2, -0.15) is 5.10 Å².